The zero-order valence-electron chi connectivity index (χ0n) is 11.5. The Morgan fingerprint density at radius 3 is 2.53 bits per heavy atom. The minimum absolute atomic E-state index is 0.0579. The standard InChI is InChI=1S/C13H28N2O2/c1-4-5-11(7-9-16)10-15-12(17)6-8-13(2,3)14/h11,16H,4-10,14H2,1-3H3,(H,15,17). The molecule has 0 radical (unpaired) electrons. The Morgan fingerprint density at radius 1 is 1.41 bits per heavy atom. The Hall–Kier alpha value is -0.610. The van der Waals surface area contributed by atoms with Gasteiger partial charge in [-0.25, -0.2) is 0 Å². The average molecular weight is 244 g/mol. The molecule has 0 bridgehead atoms. The minimum atomic E-state index is -0.286. The number of nitrogens with one attached hydrogen (secondary N) is 1. The van der Waals surface area contributed by atoms with Crippen molar-refractivity contribution in [3.63, 3.8) is 0 Å². The highest BCUT2D eigenvalue weighted by Crippen LogP contribution is 2.10. The van der Waals surface area contributed by atoms with Crippen LogP contribution < -0.4 is 11.1 Å². The lowest BCUT2D eigenvalue weighted by Crippen LogP contribution is -2.35. The van der Waals surface area contributed by atoms with Gasteiger partial charge in [0.05, 0.1) is 0 Å². The van der Waals surface area contributed by atoms with Crippen molar-refractivity contribution in [3.8, 4) is 0 Å². The number of hydrogen-bond donors (Lipinski definition) is 3. The summed E-state index contributed by atoms with van der Waals surface area (Å²) in [5.74, 6) is 0.447. The number of amides is 1. The Labute approximate surface area is 105 Å². The second-order valence-corrected chi connectivity index (χ2v) is 5.46. The van der Waals surface area contributed by atoms with E-state index in [-0.39, 0.29) is 18.1 Å². The molecule has 4 heteroatoms. The largest absolute Gasteiger partial charge is 0.396 e. The number of aliphatic hydroxyl groups excluding tert-OH is 1. The van der Waals surface area contributed by atoms with Gasteiger partial charge < -0.3 is 16.2 Å². The van der Waals surface area contributed by atoms with Gasteiger partial charge in [0.1, 0.15) is 0 Å². The smallest absolute Gasteiger partial charge is 0.220 e. The first-order valence-corrected chi connectivity index (χ1v) is 6.55. The fourth-order valence-electron chi connectivity index (χ4n) is 1.72. The minimum Gasteiger partial charge on any atom is -0.396 e. The fourth-order valence-corrected chi connectivity index (χ4v) is 1.72. The topological polar surface area (TPSA) is 75.3 Å². The number of carbonyl (C=O) groups is 1. The fraction of sp³-hybridized carbons (Fsp3) is 0.923. The molecule has 4 N–H and O–H groups in total. The van der Waals surface area contributed by atoms with Crippen LogP contribution in [0.5, 0.6) is 0 Å². The molecule has 1 amide bonds. The number of hydrogen-bond acceptors (Lipinski definition) is 3. The SMILES string of the molecule is CCCC(CCO)CNC(=O)CCC(C)(C)N. The lowest BCUT2D eigenvalue weighted by Gasteiger charge is -2.19. The lowest BCUT2D eigenvalue weighted by molar-refractivity contribution is -0.121. The quantitative estimate of drug-likeness (QED) is 0.574. The zero-order valence-corrected chi connectivity index (χ0v) is 11.5. The van der Waals surface area contributed by atoms with E-state index in [1.54, 1.807) is 0 Å². The molecule has 0 aliphatic carbocycles. The van der Waals surface area contributed by atoms with Crippen LogP contribution >= 0.6 is 0 Å². The summed E-state index contributed by atoms with van der Waals surface area (Å²) >= 11 is 0. The Morgan fingerprint density at radius 2 is 2.06 bits per heavy atom. The molecule has 0 saturated carbocycles. The van der Waals surface area contributed by atoms with Crippen LogP contribution in [0, 0.1) is 5.92 Å². The highest BCUT2D eigenvalue weighted by molar-refractivity contribution is 5.75. The molecule has 0 spiro atoms. The maximum absolute atomic E-state index is 11.6. The van der Waals surface area contributed by atoms with Gasteiger partial charge in [-0.15, -0.1) is 0 Å². The normalized spacial score (nSPS) is 13.5. The summed E-state index contributed by atoms with van der Waals surface area (Å²) in [5, 5.41) is 11.8. The molecule has 0 aromatic carbocycles. The molecule has 0 rings (SSSR count). The van der Waals surface area contributed by atoms with Crippen molar-refractivity contribution in [1.82, 2.24) is 5.32 Å². The van der Waals surface area contributed by atoms with Crippen molar-refractivity contribution < 1.29 is 9.90 Å². The molecule has 1 unspecified atom stereocenters. The van der Waals surface area contributed by atoms with Gasteiger partial charge >= 0.3 is 0 Å². The summed E-state index contributed by atoms with van der Waals surface area (Å²) in [6.45, 7) is 6.82. The summed E-state index contributed by atoms with van der Waals surface area (Å²) in [4.78, 5) is 11.6. The Bertz CT molecular complexity index is 206. The predicted octanol–water partition coefficient (Wildman–Crippen LogP) is 1.42. The first-order chi connectivity index (χ1) is 7.89. The summed E-state index contributed by atoms with van der Waals surface area (Å²) in [7, 11) is 0. The van der Waals surface area contributed by atoms with Gasteiger partial charge in [0.25, 0.3) is 0 Å². The first-order valence-electron chi connectivity index (χ1n) is 6.55. The van der Waals surface area contributed by atoms with Gasteiger partial charge in [-0.2, -0.15) is 0 Å². The molecule has 0 fully saturated rings. The molecule has 1 atom stereocenters. The number of rotatable bonds is 9. The molecule has 102 valence electrons. The van der Waals surface area contributed by atoms with E-state index in [0.717, 1.165) is 19.3 Å². The van der Waals surface area contributed by atoms with E-state index in [0.29, 0.717) is 25.3 Å². The molecule has 0 heterocycles. The van der Waals surface area contributed by atoms with Crippen LogP contribution in [0.2, 0.25) is 0 Å². The van der Waals surface area contributed by atoms with Crippen molar-refractivity contribution in [2.75, 3.05) is 13.2 Å². The number of carbonyl (C=O) groups excluding carboxylic acids is 1. The van der Waals surface area contributed by atoms with Crippen LogP contribution in [0.3, 0.4) is 0 Å². The van der Waals surface area contributed by atoms with Crippen LogP contribution in [-0.2, 0) is 4.79 Å². The molecule has 0 aromatic rings. The molecule has 0 aliphatic rings. The van der Waals surface area contributed by atoms with E-state index in [9.17, 15) is 4.79 Å². The van der Waals surface area contributed by atoms with Crippen LogP contribution in [-0.4, -0.2) is 29.7 Å². The van der Waals surface area contributed by atoms with Crippen molar-refractivity contribution in [3.05, 3.63) is 0 Å². The van der Waals surface area contributed by atoms with Gasteiger partial charge in [-0.05, 0) is 39.0 Å². The van der Waals surface area contributed by atoms with Crippen LogP contribution in [0.4, 0.5) is 0 Å². The summed E-state index contributed by atoms with van der Waals surface area (Å²) < 4.78 is 0. The average Bonchev–Trinajstić information content (AvgIpc) is 2.23. The Kier molecular flexibility index (Phi) is 8.17. The van der Waals surface area contributed by atoms with Crippen molar-refractivity contribution in [2.24, 2.45) is 11.7 Å². The lowest BCUT2D eigenvalue weighted by atomic mass is 9.98. The monoisotopic (exact) mass is 244 g/mol. The summed E-state index contributed by atoms with van der Waals surface area (Å²) in [6.07, 6.45) is 4.05. The highest BCUT2D eigenvalue weighted by Gasteiger charge is 2.14. The molecule has 0 aliphatic heterocycles. The van der Waals surface area contributed by atoms with Gasteiger partial charge in [0.2, 0.25) is 5.91 Å². The Balaban J connectivity index is 3.79. The van der Waals surface area contributed by atoms with Gasteiger partial charge in [-0.3, -0.25) is 4.79 Å². The number of nitrogens with two attached hydrogens (primary N) is 1. The van der Waals surface area contributed by atoms with Crippen molar-refractivity contribution in [2.45, 2.75) is 58.4 Å². The van der Waals surface area contributed by atoms with Crippen LogP contribution in [0.1, 0.15) is 52.9 Å². The maximum Gasteiger partial charge on any atom is 0.220 e. The van der Waals surface area contributed by atoms with E-state index >= 15 is 0 Å². The molecular formula is C13H28N2O2. The second kappa shape index (κ2) is 8.48. The third-order valence-electron chi connectivity index (χ3n) is 2.82. The van der Waals surface area contributed by atoms with E-state index in [4.69, 9.17) is 10.8 Å². The predicted molar refractivity (Wildman–Crippen MR) is 70.6 cm³/mol. The van der Waals surface area contributed by atoms with E-state index < -0.39 is 0 Å². The second-order valence-electron chi connectivity index (χ2n) is 5.46. The van der Waals surface area contributed by atoms with Crippen molar-refractivity contribution >= 4 is 5.91 Å². The van der Waals surface area contributed by atoms with Crippen LogP contribution in [0.25, 0.3) is 0 Å². The maximum atomic E-state index is 11.6. The molecule has 0 saturated heterocycles. The zero-order chi connectivity index (χ0) is 13.3. The first kappa shape index (κ1) is 16.4. The third-order valence-corrected chi connectivity index (χ3v) is 2.82. The molecule has 0 aromatic heterocycles. The molecular weight excluding hydrogens is 216 g/mol. The van der Waals surface area contributed by atoms with Crippen LogP contribution in [0.15, 0.2) is 0 Å². The van der Waals surface area contributed by atoms with Gasteiger partial charge in [0.15, 0.2) is 0 Å². The third kappa shape index (κ3) is 10.3. The van der Waals surface area contributed by atoms with E-state index in [1.807, 2.05) is 13.8 Å². The van der Waals surface area contributed by atoms with E-state index in [1.165, 1.54) is 0 Å². The molecule has 17 heavy (non-hydrogen) atoms. The molecule has 4 nitrogen and oxygen atoms in total. The highest BCUT2D eigenvalue weighted by atomic mass is 16.3. The van der Waals surface area contributed by atoms with Crippen molar-refractivity contribution in [1.29, 1.82) is 0 Å². The number of aliphatic hydroxyl groups is 1. The van der Waals surface area contributed by atoms with Gasteiger partial charge in [0, 0.05) is 25.1 Å². The van der Waals surface area contributed by atoms with Gasteiger partial charge in [-0.1, -0.05) is 13.3 Å². The van der Waals surface area contributed by atoms with E-state index in [2.05, 4.69) is 12.2 Å². The summed E-state index contributed by atoms with van der Waals surface area (Å²) in [6, 6.07) is 0. The summed E-state index contributed by atoms with van der Waals surface area (Å²) in [5.41, 5.74) is 5.54.